The van der Waals surface area contributed by atoms with Crippen molar-refractivity contribution in [2.24, 2.45) is 0 Å². The summed E-state index contributed by atoms with van der Waals surface area (Å²) < 4.78 is 11.1. The van der Waals surface area contributed by atoms with E-state index in [9.17, 15) is 4.79 Å². The van der Waals surface area contributed by atoms with Crippen molar-refractivity contribution >= 4 is 12.0 Å². The van der Waals surface area contributed by atoms with Crippen LogP contribution in [0.25, 0.3) is 6.08 Å². The largest absolute Gasteiger partial charge is 0.490 e. The predicted molar refractivity (Wildman–Crippen MR) is 72.7 cm³/mol. The lowest BCUT2D eigenvalue weighted by Gasteiger charge is -2.18. The Labute approximate surface area is 112 Å². The normalized spacial score (nSPS) is 13.5. The maximum atomic E-state index is 11.0. The molecule has 0 spiro atoms. The minimum atomic E-state index is -0.850. The van der Waals surface area contributed by atoms with Gasteiger partial charge in [-0.25, -0.2) is 4.79 Å². The first-order chi connectivity index (χ1) is 9.15. The smallest absolute Gasteiger partial charge is 0.331 e. The van der Waals surface area contributed by atoms with E-state index in [1.54, 1.807) is 6.08 Å². The van der Waals surface area contributed by atoms with Gasteiger partial charge in [-0.15, -0.1) is 0 Å². The van der Waals surface area contributed by atoms with Gasteiger partial charge in [-0.1, -0.05) is 0 Å². The number of carbonyl (C=O) groups is 1. The van der Waals surface area contributed by atoms with Gasteiger partial charge in [-0.05, 0) is 56.0 Å². The number of carboxylic acid groups (broad SMARTS) is 1. The van der Waals surface area contributed by atoms with Crippen LogP contribution in [0.3, 0.4) is 0 Å². The summed E-state index contributed by atoms with van der Waals surface area (Å²) in [6, 6.07) is 3.82. The number of hydrogen-bond donors (Lipinski definition) is 1. The minimum absolute atomic E-state index is 0.444. The van der Waals surface area contributed by atoms with Crippen molar-refractivity contribution in [1.29, 1.82) is 0 Å². The van der Waals surface area contributed by atoms with E-state index in [0.717, 1.165) is 23.3 Å². The third-order valence-electron chi connectivity index (χ3n) is 3.07. The molecule has 0 aliphatic heterocycles. The Morgan fingerprint density at radius 1 is 1.16 bits per heavy atom. The van der Waals surface area contributed by atoms with Gasteiger partial charge in [-0.2, -0.15) is 0 Å². The lowest BCUT2D eigenvalue weighted by atomic mass is 9.92. The van der Waals surface area contributed by atoms with Gasteiger partial charge in [0.25, 0.3) is 0 Å². The van der Waals surface area contributed by atoms with Crippen LogP contribution in [0.4, 0.5) is 0 Å². The highest BCUT2D eigenvalue weighted by Crippen LogP contribution is 2.35. The Morgan fingerprint density at radius 3 is 2.37 bits per heavy atom. The molecule has 0 bridgehead atoms. The molecule has 0 unspecified atom stereocenters. The number of aliphatic carboxylic acids is 1. The van der Waals surface area contributed by atoms with Gasteiger partial charge < -0.3 is 14.6 Å². The van der Waals surface area contributed by atoms with Crippen LogP contribution < -0.4 is 9.47 Å². The van der Waals surface area contributed by atoms with E-state index in [0.29, 0.717) is 31.0 Å². The molecular weight excluding hydrogens is 244 g/mol. The average Bonchev–Trinajstić information content (AvgIpc) is 2.39. The van der Waals surface area contributed by atoms with Crippen LogP contribution in [0.15, 0.2) is 17.7 Å². The number of carboxylic acids is 1. The second kappa shape index (κ2) is 5.78. The maximum absolute atomic E-state index is 11.0. The van der Waals surface area contributed by atoms with Crippen LogP contribution in [0.5, 0.6) is 11.5 Å². The van der Waals surface area contributed by atoms with E-state index in [4.69, 9.17) is 14.6 Å². The Hall–Kier alpha value is -1.97. The Kier molecular flexibility index (Phi) is 4.10. The number of rotatable bonds is 5. The molecule has 4 heteroatoms. The van der Waals surface area contributed by atoms with Crippen LogP contribution in [0.2, 0.25) is 0 Å². The van der Waals surface area contributed by atoms with Crippen molar-refractivity contribution in [2.75, 3.05) is 13.2 Å². The molecule has 0 saturated carbocycles. The zero-order valence-electron chi connectivity index (χ0n) is 11.2. The molecular formula is C15H18O4. The zero-order chi connectivity index (χ0) is 13.8. The van der Waals surface area contributed by atoms with Crippen molar-refractivity contribution in [3.8, 4) is 11.5 Å². The number of benzene rings is 1. The highest BCUT2D eigenvalue weighted by atomic mass is 16.5. The fourth-order valence-corrected chi connectivity index (χ4v) is 2.20. The quantitative estimate of drug-likeness (QED) is 0.886. The Morgan fingerprint density at radius 2 is 1.79 bits per heavy atom. The Balaban J connectivity index is 2.42. The van der Waals surface area contributed by atoms with E-state index in [1.165, 1.54) is 0 Å². The number of hydrogen-bond acceptors (Lipinski definition) is 3. The van der Waals surface area contributed by atoms with Crippen LogP contribution in [0, 0.1) is 0 Å². The van der Waals surface area contributed by atoms with E-state index >= 15 is 0 Å². The standard InChI is InChI=1S/C15H18O4/c1-3-18-13-8-10-5-6-11(15(16)17)7-12(10)9-14(13)19-4-2/h7-9H,3-6H2,1-2H3,(H,16,17). The van der Waals surface area contributed by atoms with E-state index < -0.39 is 5.97 Å². The molecule has 102 valence electrons. The molecule has 0 aromatic heterocycles. The van der Waals surface area contributed by atoms with Gasteiger partial charge in [0.2, 0.25) is 0 Å². The second-order valence-electron chi connectivity index (χ2n) is 4.34. The fourth-order valence-electron chi connectivity index (χ4n) is 2.20. The fraction of sp³-hybridized carbons (Fsp3) is 0.400. The first-order valence-electron chi connectivity index (χ1n) is 6.52. The van der Waals surface area contributed by atoms with E-state index in [2.05, 4.69) is 0 Å². The molecule has 1 aliphatic rings. The first kappa shape index (κ1) is 13.5. The summed E-state index contributed by atoms with van der Waals surface area (Å²) in [6.45, 7) is 4.97. The summed E-state index contributed by atoms with van der Waals surface area (Å²) in [5.41, 5.74) is 2.46. The molecule has 4 nitrogen and oxygen atoms in total. The van der Waals surface area contributed by atoms with Crippen molar-refractivity contribution in [3.63, 3.8) is 0 Å². The zero-order valence-corrected chi connectivity index (χ0v) is 11.2. The topological polar surface area (TPSA) is 55.8 Å². The van der Waals surface area contributed by atoms with Crippen LogP contribution >= 0.6 is 0 Å². The van der Waals surface area contributed by atoms with Crippen LogP contribution in [-0.2, 0) is 11.2 Å². The number of aryl methyl sites for hydroxylation is 1. The summed E-state index contributed by atoms with van der Waals surface area (Å²) in [6.07, 6.45) is 3.00. The summed E-state index contributed by atoms with van der Waals surface area (Å²) in [5, 5.41) is 9.05. The second-order valence-corrected chi connectivity index (χ2v) is 4.34. The molecule has 0 saturated heterocycles. The summed E-state index contributed by atoms with van der Waals surface area (Å²) in [4.78, 5) is 11.0. The Bertz CT molecular complexity index is 517. The molecule has 0 radical (unpaired) electrons. The highest BCUT2D eigenvalue weighted by molar-refractivity contribution is 5.93. The molecule has 0 fully saturated rings. The summed E-state index contributed by atoms with van der Waals surface area (Å²) in [7, 11) is 0. The van der Waals surface area contributed by atoms with Gasteiger partial charge in [0.15, 0.2) is 11.5 Å². The van der Waals surface area contributed by atoms with Crippen LogP contribution in [-0.4, -0.2) is 24.3 Å². The lowest BCUT2D eigenvalue weighted by molar-refractivity contribution is -0.132. The van der Waals surface area contributed by atoms with Gasteiger partial charge in [0.05, 0.1) is 13.2 Å². The van der Waals surface area contributed by atoms with Crippen molar-refractivity contribution in [1.82, 2.24) is 0 Å². The SMILES string of the molecule is CCOc1cc2c(cc1OCC)CCC(C(=O)O)=C2. The molecule has 0 amide bonds. The molecule has 1 aromatic carbocycles. The number of ether oxygens (including phenoxy) is 2. The van der Waals surface area contributed by atoms with Crippen molar-refractivity contribution in [3.05, 3.63) is 28.8 Å². The molecule has 0 heterocycles. The monoisotopic (exact) mass is 262 g/mol. The predicted octanol–water partition coefficient (Wildman–Crippen LogP) is 2.90. The third-order valence-corrected chi connectivity index (χ3v) is 3.07. The van der Waals surface area contributed by atoms with E-state index in [-0.39, 0.29) is 0 Å². The molecule has 1 aliphatic carbocycles. The van der Waals surface area contributed by atoms with Gasteiger partial charge in [0, 0.05) is 5.57 Å². The number of fused-ring (bicyclic) bond motifs is 1. The highest BCUT2D eigenvalue weighted by Gasteiger charge is 2.18. The molecule has 19 heavy (non-hydrogen) atoms. The molecule has 1 aromatic rings. The van der Waals surface area contributed by atoms with E-state index in [1.807, 2.05) is 26.0 Å². The lowest BCUT2D eigenvalue weighted by Crippen LogP contribution is -2.08. The van der Waals surface area contributed by atoms with Crippen molar-refractivity contribution in [2.45, 2.75) is 26.7 Å². The van der Waals surface area contributed by atoms with Gasteiger partial charge in [-0.3, -0.25) is 0 Å². The van der Waals surface area contributed by atoms with Gasteiger partial charge in [0.1, 0.15) is 0 Å². The minimum Gasteiger partial charge on any atom is -0.490 e. The maximum Gasteiger partial charge on any atom is 0.331 e. The summed E-state index contributed by atoms with van der Waals surface area (Å²) in [5.74, 6) is 0.554. The van der Waals surface area contributed by atoms with Crippen molar-refractivity contribution < 1.29 is 19.4 Å². The molecule has 2 rings (SSSR count). The van der Waals surface area contributed by atoms with Crippen LogP contribution in [0.1, 0.15) is 31.4 Å². The first-order valence-corrected chi connectivity index (χ1v) is 6.52. The average molecular weight is 262 g/mol. The van der Waals surface area contributed by atoms with Gasteiger partial charge >= 0.3 is 5.97 Å². The third kappa shape index (κ3) is 2.89. The molecule has 1 N–H and O–H groups in total. The molecule has 0 atom stereocenters. The summed E-state index contributed by atoms with van der Waals surface area (Å²) >= 11 is 0.